The highest BCUT2D eigenvalue weighted by Gasteiger charge is 2.64. The summed E-state index contributed by atoms with van der Waals surface area (Å²) in [4.78, 5) is 32.5. The number of carbonyl (C=O) groups excluding carboxylic acids is 2. The van der Waals surface area contributed by atoms with Gasteiger partial charge in [0.2, 0.25) is 5.91 Å². The van der Waals surface area contributed by atoms with E-state index in [4.69, 9.17) is 5.11 Å². The van der Waals surface area contributed by atoms with E-state index < -0.39 is 29.6 Å². The summed E-state index contributed by atoms with van der Waals surface area (Å²) in [6.45, 7) is 0. The number of urea groups is 1. The lowest BCUT2D eigenvalue weighted by atomic mass is 10.2. The van der Waals surface area contributed by atoms with Gasteiger partial charge in [-0.1, -0.05) is 0 Å². The van der Waals surface area contributed by atoms with Crippen LogP contribution in [0.1, 0.15) is 32.1 Å². The van der Waals surface area contributed by atoms with E-state index in [9.17, 15) is 27.6 Å². The molecule has 1 aliphatic carbocycles. The molecule has 0 bridgehead atoms. The maximum absolute atomic E-state index is 12.5. The zero-order chi connectivity index (χ0) is 14.7. The summed E-state index contributed by atoms with van der Waals surface area (Å²) >= 11 is 0. The molecule has 1 rings (SSSR count). The number of hydrogen-bond donors (Lipinski definition) is 3. The van der Waals surface area contributed by atoms with E-state index in [1.807, 2.05) is 0 Å². The Labute approximate surface area is 106 Å². The first-order valence-electron chi connectivity index (χ1n) is 5.57. The lowest BCUT2D eigenvalue weighted by Crippen LogP contribution is -2.52. The van der Waals surface area contributed by atoms with Gasteiger partial charge in [-0.3, -0.25) is 14.9 Å². The molecule has 0 spiro atoms. The summed E-state index contributed by atoms with van der Waals surface area (Å²) in [5.41, 5.74) is -2.22. The fourth-order valence-corrected chi connectivity index (χ4v) is 1.44. The minimum atomic E-state index is -4.54. The van der Waals surface area contributed by atoms with Gasteiger partial charge in [0.25, 0.3) is 0 Å². The Bertz CT molecular complexity index is 391. The molecule has 0 atom stereocenters. The molecule has 0 radical (unpaired) electrons. The van der Waals surface area contributed by atoms with Crippen LogP contribution in [0.5, 0.6) is 0 Å². The van der Waals surface area contributed by atoms with Crippen molar-refractivity contribution in [3.8, 4) is 0 Å². The third kappa shape index (κ3) is 4.42. The Morgan fingerprint density at radius 2 is 1.74 bits per heavy atom. The molecule has 19 heavy (non-hydrogen) atoms. The lowest BCUT2D eigenvalue weighted by Gasteiger charge is -2.20. The van der Waals surface area contributed by atoms with Crippen molar-refractivity contribution >= 4 is 17.9 Å². The standard InChI is InChI=1S/C10H13F3N2O4/c11-10(12,13)9(4-5-9)15-8(19)14-6(16)2-1-3-7(17)18/h1-5H2,(H,17,18)(H2,14,15,16,19). The van der Waals surface area contributed by atoms with E-state index >= 15 is 0 Å². The van der Waals surface area contributed by atoms with Gasteiger partial charge in [-0.15, -0.1) is 0 Å². The van der Waals surface area contributed by atoms with Crippen LogP contribution >= 0.6 is 0 Å². The Morgan fingerprint density at radius 1 is 1.16 bits per heavy atom. The van der Waals surface area contributed by atoms with Gasteiger partial charge in [0.05, 0.1) is 0 Å². The molecule has 6 nitrogen and oxygen atoms in total. The van der Waals surface area contributed by atoms with Crippen molar-refractivity contribution in [2.24, 2.45) is 0 Å². The fraction of sp³-hybridized carbons (Fsp3) is 0.700. The molecule has 0 saturated heterocycles. The Hall–Kier alpha value is -1.80. The first-order chi connectivity index (χ1) is 8.66. The highest BCUT2D eigenvalue weighted by atomic mass is 19.4. The van der Waals surface area contributed by atoms with Crippen LogP contribution in [-0.2, 0) is 9.59 Å². The largest absolute Gasteiger partial charge is 0.481 e. The molecular formula is C10H13F3N2O4. The van der Waals surface area contributed by atoms with Gasteiger partial charge in [0.1, 0.15) is 5.54 Å². The van der Waals surface area contributed by atoms with E-state index in [2.05, 4.69) is 0 Å². The first-order valence-corrected chi connectivity index (χ1v) is 5.57. The minimum absolute atomic E-state index is 0.0128. The number of alkyl halides is 3. The normalized spacial score (nSPS) is 16.6. The van der Waals surface area contributed by atoms with Crippen LogP contribution in [-0.4, -0.2) is 34.7 Å². The van der Waals surface area contributed by atoms with Gasteiger partial charge in [-0.05, 0) is 19.3 Å². The van der Waals surface area contributed by atoms with Gasteiger partial charge in [-0.2, -0.15) is 13.2 Å². The Kier molecular flexibility index (Phi) is 4.38. The van der Waals surface area contributed by atoms with Gasteiger partial charge in [0.15, 0.2) is 0 Å². The van der Waals surface area contributed by atoms with Crippen LogP contribution < -0.4 is 10.6 Å². The maximum Gasteiger partial charge on any atom is 0.411 e. The van der Waals surface area contributed by atoms with Crippen molar-refractivity contribution in [3.05, 3.63) is 0 Å². The number of rotatable bonds is 5. The number of amides is 3. The molecule has 1 saturated carbocycles. The van der Waals surface area contributed by atoms with Gasteiger partial charge < -0.3 is 10.4 Å². The number of carboxylic acid groups (broad SMARTS) is 1. The van der Waals surface area contributed by atoms with Crippen molar-refractivity contribution in [2.75, 3.05) is 0 Å². The summed E-state index contributed by atoms with van der Waals surface area (Å²) in [7, 11) is 0. The third-order valence-corrected chi connectivity index (χ3v) is 2.69. The van der Waals surface area contributed by atoms with Crippen LogP contribution in [0.25, 0.3) is 0 Å². The lowest BCUT2D eigenvalue weighted by molar-refractivity contribution is -0.163. The van der Waals surface area contributed by atoms with Crippen molar-refractivity contribution in [2.45, 2.75) is 43.8 Å². The van der Waals surface area contributed by atoms with Crippen molar-refractivity contribution in [3.63, 3.8) is 0 Å². The Morgan fingerprint density at radius 3 is 2.16 bits per heavy atom. The summed E-state index contributed by atoms with van der Waals surface area (Å²) < 4.78 is 37.5. The van der Waals surface area contributed by atoms with Crippen molar-refractivity contribution < 1.29 is 32.7 Å². The number of aliphatic carboxylic acids is 1. The number of carbonyl (C=O) groups is 3. The second kappa shape index (κ2) is 5.45. The topological polar surface area (TPSA) is 95.5 Å². The number of halogens is 3. The monoisotopic (exact) mass is 282 g/mol. The zero-order valence-corrected chi connectivity index (χ0v) is 9.84. The molecule has 0 aliphatic heterocycles. The van der Waals surface area contributed by atoms with E-state index in [0.717, 1.165) is 0 Å². The summed E-state index contributed by atoms with van der Waals surface area (Å²) in [5.74, 6) is -1.90. The fourth-order valence-electron chi connectivity index (χ4n) is 1.44. The van der Waals surface area contributed by atoms with E-state index in [-0.39, 0.29) is 32.1 Å². The van der Waals surface area contributed by atoms with Gasteiger partial charge >= 0.3 is 18.2 Å². The molecule has 0 aromatic rings. The average molecular weight is 282 g/mol. The van der Waals surface area contributed by atoms with E-state index in [1.165, 1.54) is 0 Å². The van der Waals surface area contributed by atoms with Crippen LogP contribution in [0.3, 0.4) is 0 Å². The minimum Gasteiger partial charge on any atom is -0.481 e. The number of imide groups is 1. The number of nitrogens with one attached hydrogen (secondary N) is 2. The smallest absolute Gasteiger partial charge is 0.411 e. The number of hydrogen-bond acceptors (Lipinski definition) is 3. The van der Waals surface area contributed by atoms with Crippen LogP contribution in [0.4, 0.5) is 18.0 Å². The molecule has 1 aliphatic rings. The second-order valence-electron chi connectivity index (χ2n) is 4.33. The van der Waals surface area contributed by atoms with Gasteiger partial charge in [0, 0.05) is 12.8 Å². The summed E-state index contributed by atoms with van der Waals surface area (Å²) in [5, 5.41) is 11.8. The van der Waals surface area contributed by atoms with E-state index in [0.29, 0.717) is 0 Å². The average Bonchev–Trinajstić information content (AvgIpc) is 2.96. The van der Waals surface area contributed by atoms with Crippen molar-refractivity contribution in [1.29, 1.82) is 0 Å². The quantitative estimate of drug-likeness (QED) is 0.705. The molecule has 1 fully saturated rings. The van der Waals surface area contributed by atoms with E-state index in [1.54, 1.807) is 10.6 Å². The Balaban J connectivity index is 2.32. The van der Waals surface area contributed by atoms with Crippen LogP contribution in [0.2, 0.25) is 0 Å². The molecule has 0 heterocycles. The second-order valence-corrected chi connectivity index (χ2v) is 4.33. The highest BCUT2D eigenvalue weighted by Crippen LogP contribution is 2.48. The maximum atomic E-state index is 12.5. The molecule has 9 heteroatoms. The molecule has 0 aromatic heterocycles. The predicted octanol–water partition coefficient (Wildman–Crippen LogP) is 1.16. The SMILES string of the molecule is O=C(O)CCCC(=O)NC(=O)NC1(C(F)(F)F)CC1. The molecule has 3 N–H and O–H groups in total. The third-order valence-electron chi connectivity index (χ3n) is 2.69. The summed E-state index contributed by atoms with van der Waals surface area (Å²) in [6.07, 6.45) is -5.44. The van der Waals surface area contributed by atoms with Crippen LogP contribution in [0, 0.1) is 0 Å². The molecular weight excluding hydrogens is 269 g/mol. The molecule has 0 aromatic carbocycles. The predicted molar refractivity (Wildman–Crippen MR) is 56.2 cm³/mol. The number of carboxylic acids is 1. The van der Waals surface area contributed by atoms with Gasteiger partial charge in [-0.25, -0.2) is 4.79 Å². The molecule has 108 valence electrons. The summed E-state index contributed by atoms with van der Waals surface area (Å²) in [6, 6.07) is -1.21. The molecule has 0 unspecified atom stereocenters. The van der Waals surface area contributed by atoms with Crippen LogP contribution in [0.15, 0.2) is 0 Å². The highest BCUT2D eigenvalue weighted by molar-refractivity contribution is 5.94. The van der Waals surface area contributed by atoms with Crippen molar-refractivity contribution in [1.82, 2.24) is 10.6 Å². The molecule has 3 amide bonds. The first kappa shape index (κ1) is 15.3. The zero-order valence-electron chi connectivity index (χ0n) is 9.84.